The Labute approximate surface area is 275 Å². The monoisotopic (exact) mass is 656 g/mol. The topological polar surface area (TPSA) is 153 Å². The lowest BCUT2D eigenvalue weighted by Gasteiger charge is -2.37. The molecule has 1 aliphatic heterocycles. The first kappa shape index (κ1) is 35.1. The molecule has 2 aliphatic rings. The number of amides is 3. The summed E-state index contributed by atoms with van der Waals surface area (Å²) in [6, 6.07) is 0.395. The Bertz CT molecular complexity index is 1370. The summed E-state index contributed by atoms with van der Waals surface area (Å²) in [5.74, 6) is -1.81. The standard InChI is InChI=1S/C33H45ClN6O6/c1-32(2,3)27(39-29(42)26(20-10-8-7-9-11-20)38-28(41)23-18-35-14-15-36-23)30(43)40-19-22(45-25-13-12-21(34)17-37-25)16-24(40)31(44)46-33(4,5)6/h12-15,17-18,20,22,24,26-27H,7-11,16,19H2,1-6H3,(H,38,41)(H,39,42)/t22-,24+,26+,27-/m1/s1. The molecule has 0 radical (unpaired) electrons. The lowest BCUT2D eigenvalue weighted by molar-refractivity contribution is -0.164. The van der Waals surface area contributed by atoms with Gasteiger partial charge in [-0.2, -0.15) is 0 Å². The molecule has 0 spiro atoms. The van der Waals surface area contributed by atoms with Gasteiger partial charge in [-0.25, -0.2) is 14.8 Å². The number of likely N-dealkylation sites (tertiary alicyclic amines) is 1. The molecule has 0 aromatic carbocycles. The van der Waals surface area contributed by atoms with Crippen molar-refractivity contribution in [3.8, 4) is 5.88 Å². The molecule has 0 bridgehead atoms. The van der Waals surface area contributed by atoms with E-state index < -0.39 is 58.9 Å². The van der Waals surface area contributed by atoms with Crippen molar-refractivity contribution in [1.82, 2.24) is 30.5 Å². The highest BCUT2D eigenvalue weighted by molar-refractivity contribution is 6.30. The predicted molar refractivity (Wildman–Crippen MR) is 171 cm³/mol. The fourth-order valence-corrected chi connectivity index (χ4v) is 5.98. The zero-order valence-corrected chi connectivity index (χ0v) is 28.2. The molecular formula is C33H45ClN6O6. The Balaban J connectivity index is 1.59. The summed E-state index contributed by atoms with van der Waals surface area (Å²) in [6.45, 7) is 10.9. The third-order valence-electron chi connectivity index (χ3n) is 8.10. The van der Waals surface area contributed by atoms with Gasteiger partial charge in [-0.1, -0.05) is 51.6 Å². The van der Waals surface area contributed by atoms with Crippen molar-refractivity contribution >= 4 is 35.3 Å². The van der Waals surface area contributed by atoms with Crippen LogP contribution >= 0.6 is 11.6 Å². The van der Waals surface area contributed by atoms with Gasteiger partial charge in [-0.05, 0) is 51.0 Å². The highest BCUT2D eigenvalue weighted by atomic mass is 35.5. The van der Waals surface area contributed by atoms with Crippen molar-refractivity contribution in [2.75, 3.05) is 6.54 Å². The lowest BCUT2D eigenvalue weighted by Crippen LogP contribution is -2.61. The van der Waals surface area contributed by atoms with Crippen LogP contribution in [0.1, 0.15) is 90.6 Å². The van der Waals surface area contributed by atoms with Gasteiger partial charge in [0, 0.05) is 31.1 Å². The van der Waals surface area contributed by atoms with Crippen molar-refractivity contribution in [3.05, 3.63) is 47.6 Å². The second-order valence-electron chi connectivity index (χ2n) is 14.1. The van der Waals surface area contributed by atoms with E-state index in [9.17, 15) is 19.2 Å². The quantitative estimate of drug-likeness (QED) is 0.380. The molecule has 2 aromatic rings. The average molecular weight is 657 g/mol. The molecular weight excluding hydrogens is 612 g/mol. The number of halogens is 1. The average Bonchev–Trinajstić information content (AvgIpc) is 3.43. The normalized spacial score (nSPS) is 20.4. The molecule has 0 unspecified atom stereocenters. The molecule has 4 atom stereocenters. The van der Waals surface area contributed by atoms with E-state index in [1.807, 2.05) is 20.8 Å². The minimum Gasteiger partial charge on any atom is -0.472 e. The highest BCUT2D eigenvalue weighted by Gasteiger charge is 2.47. The van der Waals surface area contributed by atoms with Crippen LogP contribution in [0.15, 0.2) is 36.9 Å². The molecule has 4 rings (SSSR count). The van der Waals surface area contributed by atoms with E-state index >= 15 is 0 Å². The number of aromatic nitrogens is 3. The number of pyridine rings is 1. The van der Waals surface area contributed by atoms with Crippen molar-refractivity contribution < 1.29 is 28.7 Å². The van der Waals surface area contributed by atoms with Gasteiger partial charge >= 0.3 is 5.97 Å². The number of hydrogen-bond donors (Lipinski definition) is 2. The van der Waals surface area contributed by atoms with E-state index in [1.54, 1.807) is 32.9 Å². The number of carbonyl (C=O) groups excluding carboxylic acids is 4. The van der Waals surface area contributed by atoms with Crippen LogP contribution in [-0.2, 0) is 19.1 Å². The smallest absolute Gasteiger partial charge is 0.329 e. The number of ether oxygens (including phenoxy) is 2. The molecule has 1 saturated heterocycles. The first-order valence-electron chi connectivity index (χ1n) is 15.8. The molecule has 46 heavy (non-hydrogen) atoms. The van der Waals surface area contributed by atoms with Gasteiger partial charge in [0.2, 0.25) is 17.7 Å². The molecule has 1 aliphatic carbocycles. The first-order chi connectivity index (χ1) is 21.6. The van der Waals surface area contributed by atoms with E-state index in [-0.39, 0.29) is 24.6 Å². The van der Waals surface area contributed by atoms with Crippen molar-refractivity contribution in [2.45, 2.75) is 110 Å². The van der Waals surface area contributed by atoms with E-state index in [4.69, 9.17) is 21.1 Å². The maximum absolute atomic E-state index is 14.4. The number of carbonyl (C=O) groups is 4. The zero-order valence-electron chi connectivity index (χ0n) is 27.4. The summed E-state index contributed by atoms with van der Waals surface area (Å²) < 4.78 is 11.8. The molecule has 1 saturated carbocycles. The number of nitrogens with one attached hydrogen (secondary N) is 2. The molecule has 3 heterocycles. The summed E-state index contributed by atoms with van der Waals surface area (Å²) in [7, 11) is 0. The van der Waals surface area contributed by atoms with Crippen LogP contribution in [-0.4, -0.2) is 79.9 Å². The number of hydrogen-bond acceptors (Lipinski definition) is 9. The van der Waals surface area contributed by atoms with Gasteiger partial charge in [0.05, 0.1) is 17.8 Å². The van der Waals surface area contributed by atoms with Crippen LogP contribution in [0.5, 0.6) is 5.88 Å². The Hall–Kier alpha value is -3.80. The van der Waals surface area contributed by atoms with Crippen LogP contribution in [0.25, 0.3) is 0 Å². The van der Waals surface area contributed by atoms with Crippen LogP contribution in [0.4, 0.5) is 0 Å². The molecule has 3 amide bonds. The fraction of sp³-hybridized carbons (Fsp3) is 0.606. The fourth-order valence-electron chi connectivity index (χ4n) is 5.87. The zero-order chi connectivity index (χ0) is 33.6. The first-order valence-corrected chi connectivity index (χ1v) is 16.2. The molecule has 12 nitrogen and oxygen atoms in total. The van der Waals surface area contributed by atoms with Crippen LogP contribution in [0.2, 0.25) is 5.02 Å². The predicted octanol–water partition coefficient (Wildman–Crippen LogP) is 4.12. The molecule has 2 aromatic heterocycles. The summed E-state index contributed by atoms with van der Waals surface area (Å²) in [4.78, 5) is 68.7. The van der Waals surface area contributed by atoms with E-state index in [2.05, 4.69) is 25.6 Å². The Kier molecular flexibility index (Phi) is 11.2. The highest BCUT2D eigenvalue weighted by Crippen LogP contribution is 2.31. The van der Waals surface area contributed by atoms with Crippen LogP contribution in [0, 0.1) is 11.3 Å². The van der Waals surface area contributed by atoms with E-state index in [0.717, 1.165) is 32.1 Å². The maximum Gasteiger partial charge on any atom is 0.329 e. The van der Waals surface area contributed by atoms with E-state index in [0.29, 0.717) is 10.9 Å². The summed E-state index contributed by atoms with van der Waals surface area (Å²) in [5.41, 5.74) is -1.44. The van der Waals surface area contributed by atoms with Gasteiger partial charge in [0.1, 0.15) is 35.5 Å². The van der Waals surface area contributed by atoms with E-state index in [1.165, 1.54) is 29.7 Å². The van der Waals surface area contributed by atoms with Crippen molar-refractivity contribution in [3.63, 3.8) is 0 Å². The maximum atomic E-state index is 14.4. The summed E-state index contributed by atoms with van der Waals surface area (Å²) in [5, 5.41) is 6.29. The molecule has 250 valence electrons. The SMILES string of the molecule is CC(C)(C)OC(=O)[C@@H]1C[C@@H](Oc2ccc(Cl)cn2)CN1C(=O)[C@@H](NC(=O)[C@@H](NC(=O)c1cnccn1)C1CCCCC1)C(C)(C)C. The minimum absolute atomic E-state index is 0.0744. The summed E-state index contributed by atoms with van der Waals surface area (Å²) in [6.07, 6.45) is 9.74. The second kappa shape index (κ2) is 14.7. The molecule has 13 heteroatoms. The van der Waals surface area contributed by atoms with Gasteiger partial charge in [0.15, 0.2) is 0 Å². The summed E-state index contributed by atoms with van der Waals surface area (Å²) >= 11 is 5.97. The van der Waals surface area contributed by atoms with Crippen molar-refractivity contribution in [2.24, 2.45) is 11.3 Å². The lowest BCUT2D eigenvalue weighted by atomic mass is 9.82. The third kappa shape index (κ3) is 9.37. The number of esters is 1. The Morgan fingerprint density at radius 3 is 2.26 bits per heavy atom. The third-order valence-corrected chi connectivity index (χ3v) is 8.32. The second-order valence-corrected chi connectivity index (χ2v) is 14.5. The van der Waals surface area contributed by atoms with Crippen LogP contribution < -0.4 is 15.4 Å². The van der Waals surface area contributed by atoms with Gasteiger partial charge < -0.3 is 25.0 Å². The Morgan fingerprint density at radius 1 is 0.957 bits per heavy atom. The van der Waals surface area contributed by atoms with Gasteiger partial charge in [-0.15, -0.1) is 0 Å². The number of rotatable bonds is 9. The largest absolute Gasteiger partial charge is 0.472 e. The molecule has 2 N–H and O–H groups in total. The van der Waals surface area contributed by atoms with Crippen LogP contribution in [0.3, 0.4) is 0 Å². The van der Waals surface area contributed by atoms with Crippen molar-refractivity contribution in [1.29, 1.82) is 0 Å². The number of nitrogens with zero attached hydrogens (tertiary/aromatic N) is 4. The Morgan fingerprint density at radius 2 is 1.67 bits per heavy atom. The van der Waals surface area contributed by atoms with Gasteiger partial charge in [0.25, 0.3) is 5.91 Å². The minimum atomic E-state index is -1.03. The molecule has 2 fully saturated rings. The van der Waals surface area contributed by atoms with Gasteiger partial charge in [-0.3, -0.25) is 19.4 Å².